The molecule has 0 aromatic heterocycles. The van der Waals surface area contributed by atoms with Crippen LogP contribution in [0.25, 0.3) is 0 Å². The largest absolute Gasteiger partial charge is 0.480 e. The van der Waals surface area contributed by atoms with Crippen LogP contribution in [0.1, 0.15) is 12.8 Å². The van der Waals surface area contributed by atoms with Crippen LogP contribution in [0, 0.1) is 3.57 Å². The number of likely N-dealkylation sites (tertiary alicyclic amines) is 1. The average Bonchev–Trinajstić information content (AvgIpc) is 2.81. The average molecular weight is 360 g/mol. The molecule has 96 valence electrons. The number of carbonyl (C=O) groups excluding carboxylic acids is 1. The normalized spacial score (nSPS) is 18.7. The fourth-order valence-electron chi connectivity index (χ4n) is 2.02. The summed E-state index contributed by atoms with van der Waals surface area (Å²) in [4.78, 5) is 24.4. The molecule has 0 saturated carbocycles. The molecule has 6 heteroatoms. The van der Waals surface area contributed by atoms with E-state index in [1.807, 2.05) is 18.2 Å². The number of anilines is 1. The second kappa shape index (κ2) is 5.55. The Labute approximate surface area is 118 Å². The third-order valence-electron chi connectivity index (χ3n) is 2.91. The van der Waals surface area contributed by atoms with Gasteiger partial charge in [-0.15, -0.1) is 0 Å². The Morgan fingerprint density at radius 3 is 2.78 bits per heavy atom. The van der Waals surface area contributed by atoms with Crippen LogP contribution in [0.2, 0.25) is 0 Å². The van der Waals surface area contributed by atoms with Gasteiger partial charge >= 0.3 is 12.0 Å². The summed E-state index contributed by atoms with van der Waals surface area (Å²) in [5.74, 6) is -0.939. The summed E-state index contributed by atoms with van der Waals surface area (Å²) in [6.45, 7) is 0.492. The Morgan fingerprint density at radius 1 is 1.39 bits per heavy atom. The lowest BCUT2D eigenvalue weighted by molar-refractivity contribution is -0.141. The smallest absolute Gasteiger partial charge is 0.326 e. The van der Waals surface area contributed by atoms with Gasteiger partial charge in [0.1, 0.15) is 6.04 Å². The van der Waals surface area contributed by atoms with Crippen molar-refractivity contribution in [2.45, 2.75) is 18.9 Å². The van der Waals surface area contributed by atoms with Gasteiger partial charge in [0.15, 0.2) is 0 Å². The van der Waals surface area contributed by atoms with Crippen molar-refractivity contribution in [1.82, 2.24) is 4.90 Å². The van der Waals surface area contributed by atoms with Crippen LogP contribution in [0.4, 0.5) is 10.5 Å². The molecule has 2 N–H and O–H groups in total. The SMILES string of the molecule is O=C(O)[C@@H]1CCCN1C(=O)Nc1ccccc1I. The van der Waals surface area contributed by atoms with Crippen LogP contribution >= 0.6 is 22.6 Å². The second-order valence-corrected chi connectivity index (χ2v) is 5.26. The second-order valence-electron chi connectivity index (χ2n) is 4.10. The van der Waals surface area contributed by atoms with E-state index in [1.165, 1.54) is 4.90 Å². The van der Waals surface area contributed by atoms with Crippen LogP contribution in [0.3, 0.4) is 0 Å². The molecular weight excluding hydrogens is 347 g/mol. The minimum atomic E-state index is -0.939. The number of aliphatic carboxylic acids is 1. The summed E-state index contributed by atoms with van der Waals surface area (Å²) < 4.78 is 0.925. The molecule has 0 aliphatic carbocycles. The molecule has 1 atom stereocenters. The highest BCUT2D eigenvalue weighted by molar-refractivity contribution is 14.1. The molecule has 0 bridgehead atoms. The standard InChI is InChI=1S/C12H13IN2O3/c13-8-4-1-2-5-9(8)14-12(18)15-7-3-6-10(15)11(16)17/h1-2,4-5,10H,3,6-7H2,(H,14,18)(H,16,17)/t10-/m0/s1. The Balaban J connectivity index is 2.08. The van der Waals surface area contributed by atoms with Crippen LogP contribution in [0.15, 0.2) is 24.3 Å². The van der Waals surface area contributed by atoms with E-state index in [1.54, 1.807) is 6.07 Å². The van der Waals surface area contributed by atoms with Gasteiger partial charge in [0.05, 0.1) is 5.69 Å². The fraction of sp³-hybridized carbons (Fsp3) is 0.333. The number of carboxylic acids is 1. The number of hydrogen-bond acceptors (Lipinski definition) is 2. The molecule has 0 unspecified atom stereocenters. The van der Waals surface area contributed by atoms with Gasteiger partial charge in [-0.25, -0.2) is 9.59 Å². The Kier molecular flexibility index (Phi) is 4.05. The van der Waals surface area contributed by atoms with E-state index in [0.29, 0.717) is 18.7 Å². The number of urea groups is 1. The predicted octanol–water partition coefficient (Wildman–Crippen LogP) is 2.37. The van der Waals surface area contributed by atoms with Crippen LogP contribution < -0.4 is 5.32 Å². The van der Waals surface area contributed by atoms with E-state index in [0.717, 1.165) is 9.99 Å². The van der Waals surface area contributed by atoms with Gasteiger partial charge in [-0.1, -0.05) is 12.1 Å². The Bertz CT molecular complexity index is 478. The van der Waals surface area contributed by atoms with Gasteiger partial charge in [-0.2, -0.15) is 0 Å². The lowest BCUT2D eigenvalue weighted by Crippen LogP contribution is -2.42. The van der Waals surface area contributed by atoms with E-state index in [4.69, 9.17) is 5.11 Å². The van der Waals surface area contributed by atoms with Crippen LogP contribution in [0.5, 0.6) is 0 Å². The molecule has 1 aromatic carbocycles. The number of hydrogen-bond donors (Lipinski definition) is 2. The zero-order valence-corrected chi connectivity index (χ0v) is 11.8. The summed E-state index contributed by atoms with van der Waals surface area (Å²) in [6.07, 6.45) is 1.25. The fourth-order valence-corrected chi connectivity index (χ4v) is 2.54. The predicted molar refractivity (Wildman–Crippen MR) is 75.5 cm³/mol. The summed E-state index contributed by atoms with van der Waals surface area (Å²) in [7, 11) is 0. The van der Waals surface area contributed by atoms with Gasteiger partial charge in [-0.3, -0.25) is 0 Å². The lowest BCUT2D eigenvalue weighted by Gasteiger charge is -2.22. The molecule has 5 nitrogen and oxygen atoms in total. The van der Waals surface area contributed by atoms with Crippen molar-refractivity contribution in [1.29, 1.82) is 0 Å². The number of rotatable bonds is 2. The molecule has 1 saturated heterocycles. The Morgan fingerprint density at radius 2 is 2.11 bits per heavy atom. The summed E-state index contributed by atoms with van der Waals surface area (Å²) in [5.41, 5.74) is 0.708. The molecular formula is C12H13IN2O3. The van der Waals surface area contributed by atoms with Crippen molar-refractivity contribution in [3.8, 4) is 0 Å². The zero-order valence-electron chi connectivity index (χ0n) is 9.60. The minimum absolute atomic E-state index is 0.344. The number of nitrogens with one attached hydrogen (secondary N) is 1. The molecule has 0 spiro atoms. The summed E-state index contributed by atoms with van der Waals surface area (Å²) >= 11 is 2.13. The zero-order chi connectivity index (χ0) is 13.1. The van der Waals surface area contributed by atoms with Crippen molar-refractivity contribution in [2.24, 2.45) is 0 Å². The number of para-hydroxylation sites is 1. The first kappa shape index (κ1) is 13.1. The molecule has 1 heterocycles. The molecule has 1 aliphatic heterocycles. The third kappa shape index (κ3) is 2.74. The van der Waals surface area contributed by atoms with E-state index in [9.17, 15) is 9.59 Å². The van der Waals surface area contributed by atoms with Crippen molar-refractivity contribution in [3.63, 3.8) is 0 Å². The molecule has 1 fully saturated rings. The van der Waals surface area contributed by atoms with Crippen LogP contribution in [-0.2, 0) is 4.79 Å². The maximum absolute atomic E-state index is 12.0. The van der Waals surface area contributed by atoms with Crippen LogP contribution in [-0.4, -0.2) is 34.6 Å². The number of amides is 2. The van der Waals surface area contributed by atoms with E-state index >= 15 is 0 Å². The van der Waals surface area contributed by atoms with Gasteiger partial charge in [-0.05, 0) is 47.6 Å². The third-order valence-corrected chi connectivity index (χ3v) is 3.85. The molecule has 1 aromatic rings. The number of carbonyl (C=O) groups is 2. The monoisotopic (exact) mass is 360 g/mol. The number of nitrogens with zero attached hydrogens (tertiary/aromatic N) is 1. The first-order chi connectivity index (χ1) is 8.59. The van der Waals surface area contributed by atoms with Crippen molar-refractivity contribution in [2.75, 3.05) is 11.9 Å². The maximum Gasteiger partial charge on any atom is 0.326 e. The number of halogens is 1. The molecule has 1 aliphatic rings. The van der Waals surface area contributed by atoms with Gasteiger partial charge in [0.2, 0.25) is 0 Å². The van der Waals surface area contributed by atoms with Gasteiger partial charge < -0.3 is 15.3 Å². The summed E-state index contributed by atoms with van der Waals surface area (Å²) in [5, 5.41) is 11.8. The number of benzene rings is 1. The maximum atomic E-state index is 12.0. The van der Waals surface area contributed by atoms with Gasteiger partial charge in [0, 0.05) is 10.1 Å². The van der Waals surface area contributed by atoms with Crippen molar-refractivity contribution < 1.29 is 14.7 Å². The van der Waals surface area contributed by atoms with E-state index in [2.05, 4.69) is 27.9 Å². The molecule has 2 rings (SSSR count). The van der Waals surface area contributed by atoms with E-state index in [-0.39, 0.29) is 6.03 Å². The van der Waals surface area contributed by atoms with Crippen molar-refractivity contribution in [3.05, 3.63) is 27.8 Å². The topological polar surface area (TPSA) is 69.6 Å². The Hall–Kier alpha value is -1.31. The lowest BCUT2D eigenvalue weighted by atomic mass is 10.2. The minimum Gasteiger partial charge on any atom is -0.480 e. The highest BCUT2D eigenvalue weighted by atomic mass is 127. The first-order valence-corrected chi connectivity index (χ1v) is 6.72. The highest BCUT2D eigenvalue weighted by Gasteiger charge is 2.34. The quantitative estimate of drug-likeness (QED) is 0.796. The first-order valence-electron chi connectivity index (χ1n) is 5.64. The van der Waals surface area contributed by atoms with Crippen molar-refractivity contribution >= 4 is 40.3 Å². The van der Waals surface area contributed by atoms with E-state index < -0.39 is 12.0 Å². The molecule has 0 radical (unpaired) electrons. The molecule has 2 amide bonds. The molecule has 18 heavy (non-hydrogen) atoms. The number of carboxylic acid groups (broad SMARTS) is 1. The highest BCUT2D eigenvalue weighted by Crippen LogP contribution is 2.21. The summed E-state index contributed by atoms with van der Waals surface area (Å²) in [6, 6.07) is 6.35. The van der Waals surface area contributed by atoms with Gasteiger partial charge in [0.25, 0.3) is 0 Å².